The third-order valence-corrected chi connectivity index (χ3v) is 12.5. The van der Waals surface area contributed by atoms with Crippen LogP contribution in [0.25, 0.3) is 0 Å². The summed E-state index contributed by atoms with van der Waals surface area (Å²) < 4.78 is 0. The average molecular weight is 832 g/mol. The number of carbonyl (C=O) groups is 1. The van der Waals surface area contributed by atoms with Gasteiger partial charge in [0.15, 0.2) is 0 Å². The van der Waals surface area contributed by atoms with Gasteiger partial charge in [-0.2, -0.15) is 0 Å². The highest BCUT2D eigenvalue weighted by Gasteiger charge is 2.20. The van der Waals surface area contributed by atoms with Crippen molar-refractivity contribution in [3.8, 4) is 0 Å². The molecular formula is C54H105NO4. The fraction of sp³-hybridized carbons (Fsp3) is 0.907. The highest BCUT2D eigenvalue weighted by molar-refractivity contribution is 5.76. The molecule has 0 bridgehead atoms. The molecule has 0 aliphatic heterocycles. The van der Waals surface area contributed by atoms with E-state index in [2.05, 4.69) is 31.3 Å². The molecule has 0 radical (unpaired) electrons. The molecule has 3 atom stereocenters. The quantitative estimate of drug-likeness (QED) is 0.0363. The summed E-state index contributed by atoms with van der Waals surface area (Å²) in [6.07, 6.45) is 62.1. The average Bonchev–Trinajstić information content (AvgIpc) is 3.23. The van der Waals surface area contributed by atoms with Gasteiger partial charge >= 0.3 is 0 Å². The Morgan fingerprint density at radius 1 is 0.424 bits per heavy atom. The van der Waals surface area contributed by atoms with Crippen LogP contribution in [0, 0.1) is 0 Å². The molecular weight excluding hydrogens is 727 g/mol. The van der Waals surface area contributed by atoms with Gasteiger partial charge in [-0.3, -0.25) is 4.79 Å². The molecule has 3 unspecified atom stereocenters. The van der Waals surface area contributed by atoms with Crippen molar-refractivity contribution in [1.82, 2.24) is 5.32 Å². The van der Waals surface area contributed by atoms with E-state index in [-0.39, 0.29) is 18.9 Å². The monoisotopic (exact) mass is 832 g/mol. The second-order valence-corrected chi connectivity index (χ2v) is 18.5. The maximum Gasteiger partial charge on any atom is 0.222 e. The lowest BCUT2D eigenvalue weighted by Gasteiger charge is -2.21. The number of unbranched alkanes of at least 4 members (excludes halogenated alkanes) is 38. The summed E-state index contributed by atoms with van der Waals surface area (Å²) >= 11 is 0. The Morgan fingerprint density at radius 3 is 1.08 bits per heavy atom. The molecule has 0 fully saturated rings. The van der Waals surface area contributed by atoms with Crippen molar-refractivity contribution in [2.45, 2.75) is 308 Å². The molecule has 59 heavy (non-hydrogen) atoms. The van der Waals surface area contributed by atoms with Crippen LogP contribution in [0.1, 0.15) is 290 Å². The number of rotatable bonds is 49. The first-order valence-electron chi connectivity index (χ1n) is 26.6. The Balaban J connectivity index is 3.59. The Bertz CT molecular complexity index is 874. The number of hydrogen-bond acceptors (Lipinski definition) is 4. The number of nitrogens with one attached hydrogen (secondary N) is 1. The molecule has 0 rings (SSSR count). The highest BCUT2D eigenvalue weighted by Crippen LogP contribution is 2.17. The van der Waals surface area contributed by atoms with E-state index < -0.39 is 18.2 Å². The summed E-state index contributed by atoms with van der Waals surface area (Å²) in [6.45, 7) is 4.23. The molecule has 4 N–H and O–H groups in total. The van der Waals surface area contributed by atoms with Crippen LogP contribution in [-0.4, -0.2) is 46.1 Å². The summed E-state index contributed by atoms with van der Waals surface area (Å²) in [7, 11) is 0. The number of amides is 1. The summed E-state index contributed by atoms with van der Waals surface area (Å²) in [5, 5.41) is 33.4. The van der Waals surface area contributed by atoms with E-state index in [1.54, 1.807) is 6.08 Å². The largest absolute Gasteiger partial charge is 0.394 e. The standard InChI is InChI=1S/C54H105NO4/c1-3-5-7-9-11-13-15-17-19-21-23-25-26-27-28-29-31-33-35-37-39-41-43-45-47-51(57)49-54(59)55-52(50-56)53(58)48-46-44-42-40-38-36-34-32-30-24-22-20-18-16-14-12-10-8-6-4-2/h38,40,46,48,51-53,56-58H,3-37,39,41-45,47,49-50H2,1-2H3,(H,55,59)/b40-38+,48-46+. The summed E-state index contributed by atoms with van der Waals surface area (Å²) in [5.41, 5.74) is 0. The Morgan fingerprint density at radius 2 is 0.729 bits per heavy atom. The molecule has 1 amide bonds. The van der Waals surface area contributed by atoms with Gasteiger partial charge in [-0.15, -0.1) is 0 Å². The highest BCUT2D eigenvalue weighted by atomic mass is 16.3. The van der Waals surface area contributed by atoms with Crippen LogP contribution in [0.5, 0.6) is 0 Å². The van der Waals surface area contributed by atoms with Crippen molar-refractivity contribution in [3.05, 3.63) is 24.3 Å². The zero-order valence-corrected chi connectivity index (χ0v) is 39.9. The van der Waals surface area contributed by atoms with Gasteiger partial charge in [0.05, 0.1) is 31.3 Å². The van der Waals surface area contributed by atoms with E-state index in [1.807, 2.05) is 6.08 Å². The van der Waals surface area contributed by atoms with Crippen LogP contribution in [0.15, 0.2) is 24.3 Å². The fourth-order valence-electron chi connectivity index (χ4n) is 8.42. The molecule has 0 aliphatic rings. The zero-order chi connectivity index (χ0) is 43.0. The van der Waals surface area contributed by atoms with Crippen LogP contribution in [-0.2, 0) is 4.79 Å². The van der Waals surface area contributed by atoms with Crippen LogP contribution in [0.4, 0.5) is 0 Å². The van der Waals surface area contributed by atoms with E-state index in [9.17, 15) is 20.1 Å². The second-order valence-electron chi connectivity index (χ2n) is 18.5. The van der Waals surface area contributed by atoms with Gasteiger partial charge < -0.3 is 20.6 Å². The van der Waals surface area contributed by atoms with Gasteiger partial charge in [-0.05, 0) is 32.1 Å². The summed E-state index contributed by atoms with van der Waals surface area (Å²) in [6, 6.07) is -0.758. The minimum atomic E-state index is -0.949. The van der Waals surface area contributed by atoms with Crippen molar-refractivity contribution in [2.75, 3.05) is 6.61 Å². The first-order chi connectivity index (χ1) is 29.0. The van der Waals surface area contributed by atoms with Crippen molar-refractivity contribution < 1.29 is 20.1 Å². The van der Waals surface area contributed by atoms with Gasteiger partial charge in [-0.1, -0.05) is 276 Å². The maximum atomic E-state index is 12.5. The van der Waals surface area contributed by atoms with Crippen LogP contribution in [0.3, 0.4) is 0 Å². The zero-order valence-electron chi connectivity index (χ0n) is 39.9. The lowest BCUT2D eigenvalue weighted by Crippen LogP contribution is -2.45. The summed E-state index contributed by atoms with van der Waals surface area (Å²) in [5.74, 6) is -0.320. The minimum absolute atomic E-state index is 0.0103. The lowest BCUT2D eigenvalue weighted by atomic mass is 10.0. The first kappa shape index (κ1) is 57.8. The van der Waals surface area contributed by atoms with Crippen molar-refractivity contribution in [1.29, 1.82) is 0 Å². The predicted molar refractivity (Wildman–Crippen MR) is 259 cm³/mol. The molecule has 350 valence electrons. The third kappa shape index (κ3) is 46.2. The molecule has 0 aromatic carbocycles. The van der Waals surface area contributed by atoms with Gasteiger partial charge in [0.25, 0.3) is 0 Å². The van der Waals surface area contributed by atoms with Crippen LogP contribution < -0.4 is 5.32 Å². The maximum absolute atomic E-state index is 12.5. The molecule has 0 aliphatic carbocycles. The SMILES string of the molecule is CCCCCCCCCCCCCCCC/C=C/CC/C=C/C(O)C(CO)NC(=O)CC(O)CCCCCCCCCCCCCCCCCCCCCCCCCC. The molecule has 0 spiro atoms. The van der Waals surface area contributed by atoms with E-state index in [0.29, 0.717) is 6.42 Å². The molecule has 5 nitrogen and oxygen atoms in total. The van der Waals surface area contributed by atoms with Crippen LogP contribution >= 0.6 is 0 Å². The second kappa shape index (κ2) is 49.5. The summed E-state index contributed by atoms with van der Waals surface area (Å²) in [4.78, 5) is 12.5. The van der Waals surface area contributed by atoms with Gasteiger partial charge in [0, 0.05) is 0 Å². The van der Waals surface area contributed by atoms with E-state index in [1.165, 1.54) is 231 Å². The number of allylic oxidation sites excluding steroid dienone is 3. The third-order valence-electron chi connectivity index (χ3n) is 12.5. The molecule has 0 heterocycles. The van der Waals surface area contributed by atoms with E-state index >= 15 is 0 Å². The van der Waals surface area contributed by atoms with Crippen molar-refractivity contribution >= 4 is 5.91 Å². The Kier molecular flexibility index (Phi) is 48.5. The number of carbonyl (C=O) groups excluding carboxylic acids is 1. The number of aliphatic hydroxyl groups excluding tert-OH is 3. The lowest BCUT2D eigenvalue weighted by molar-refractivity contribution is -0.124. The molecule has 0 aromatic heterocycles. The van der Waals surface area contributed by atoms with E-state index in [4.69, 9.17) is 0 Å². The smallest absolute Gasteiger partial charge is 0.222 e. The minimum Gasteiger partial charge on any atom is -0.394 e. The number of hydrogen-bond donors (Lipinski definition) is 4. The van der Waals surface area contributed by atoms with Gasteiger partial charge in [0.2, 0.25) is 5.91 Å². The molecule has 0 saturated heterocycles. The van der Waals surface area contributed by atoms with Gasteiger partial charge in [0.1, 0.15) is 0 Å². The number of aliphatic hydroxyl groups is 3. The first-order valence-corrected chi connectivity index (χ1v) is 26.6. The Labute approximate surface area is 369 Å². The molecule has 0 saturated carbocycles. The fourth-order valence-corrected chi connectivity index (χ4v) is 8.42. The van der Waals surface area contributed by atoms with Crippen molar-refractivity contribution in [3.63, 3.8) is 0 Å². The van der Waals surface area contributed by atoms with Gasteiger partial charge in [-0.25, -0.2) is 0 Å². The topological polar surface area (TPSA) is 89.8 Å². The Hall–Kier alpha value is -1.17. The predicted octanol–water partition coefficient (Wildman–Crippen LogP) is 16.1. The molecule has 0 aromatic rings. The normalized spacial score (nSPS) is 13.5. The molecule has 5 heteroatoms. The van der Waals surface area contributed by atoms with Crippen molar-refractivity contribution in [2.24, 2.45) is 0 Å². The van der Waals surface area contributed by atoms with Crippen LogP contribution in [0.2, 0.25) is 0 Å². The van der Waals surface area contributed by atoms with E-state index in [0.717, 1.165) is 32.1 Å².